The van der Waals surface area contributed by atoms with E-state index in [0.717, 1.165) is 10.6 Å². The molecule has 1 fully saturated rings. The second kappa shape index (κ2) is 10.9. The molecule has 1 saturated heterocycles. The predicted molar refractivity (Wildman–Crippen MR) is 150 cm³/mol. The maximum absolute atomic E-state index is 12.7. The van der Waals surface area contributed by atoms with E-state index in [1.54, 1.807) is 30.3 Å². The number of amides is 1. The van der Waals surface area contributed by atoms with Gasteiger partial charge >= 0.3 is 6.09 Å². The number of sulfonamides is 1. The number of pyridine rings is 1. The number of hydrogen-bond donors (Lipinski definition) is 1. The largest absolute Gasteiger partial charge is 0.434 e. The third-order valence-corrected chi connectivity index (χ3v) is 10.6. The molecule has 1 unspecified atom stereocenters. The molecular formula is C23H25ClIN3O7S2. The maximum Gasteiger partial charge on any atom is 0.412 e. The van der Waals surface area contributed by atoms with Gasteiger partial charge in [-0.15, -0.1) is 0 Å². The molecule has 0 saturated carbocycles. The summed E-state index contributed by atoms with van der Waals surface area (Å²) in [6.45, 7) is 0.0612. The number of halogens is 2. The highest BCUT2D eigenvalue weighted by molar-refractivity contribution is 14.1. The van der Waals surface area contributed by atoms with Gasteiger partial charge in [0.1, 0.15) is 0 Å². The average molecular weight is 682 g/mol. The fraction of sp³-hybridized carbons (Fsp3) is 0.391. The zero-order chi connectivity index (χ0) is 27.0. The predicted octanol–water partition coefficient (Wildman–Crippen LogP) is 4.59. The fourth-order valence-electron chi connectivity index (χ4n) is 4.25. The number of carbonyl (C=O) groups excluding carboxylic acids is 1. The van der Waals surface area contributed by atoms with Crippen LogP contribution in [0.1, 0.15) is 25.7 Å². The number of rotatable bonds is 8. The molecule has 1 atom stereocenters. The minimum absolute atomic E-state index is 0.0612. The van der Waals surface area contributed by atoms with Gasteiger partial charge in [0.15, 0.2) is 27.2 Å². The molecule has 37 heavy (non-hydrogen) atoms. The molecule has 4 rings (SSSR count). The number of nitrogens with zero attached hydrogens (tertiary/aromatic N) is 2. The van der Waals surface area contributed by atoms with Crippen molar-refractivity contribution in [1.29, 1.82) is 0 Å². The topological polar surface area (TPSA) is 136 Å². The van der Waals surface area contributed by atoms with Crippen LogP contribution in [-0.4, -0.2) is 58.8 Å². The van der Waals surface area contributed by atoms with Crippen LogP contribution in [0.5, 0.6) is 5.75 Å². The van der Waals surface area contributed by atoms with Crippen molar-refractivity contribution in [3.63, 3.8) is 0 Å². The van der Waals surface area contributed by atoms with Crippen LogP contribution in [0.2, 0.25) is 5.02 Å². The minimum atomic E-state index is -3.75. The smallest absolute Gasteiger partial charge is 0.412 e. The van der Waals surface area contributed by atoms with Crippen molar-refractivity contribution in [2.45, 2.75) is 30.9 Å². The average Bonchev–Trinajstić information content (AvgIpc) is 3.34. The van der Waals surface area contributed by atoms with Crippen molar-refractivity contribution < 1.29 is 30.8 Å². The summed E-state index contributed by atoms with van der Waals surface area (Å²) in [5, 5.41) is 2.84. The summed E-state index contributed by atoms with van der Waals surface area (Å²) in [4.78, 5) is 16.6. The van der Waals surface area contributed by atoms with Gasteiger partial charge in [0.25, 0.3) is 0 Å². The van der Waals surface area contributed by atoms with Gasteiger partial charge in [0.2, 0.25) is 15.7 Å². The summed E-state index contributed by atoms with van der Waals surface area (Å²) >= 11 is 7.97. The third-order valence-electron chi connectivity index (χ3n) is 6.06. The monoisotopic (exact) mass is 681 g/mol. The normalized spacial score (nSPS) is 17.1. The molecular weight excluding hydrogens is 657 g/mol. The van der Waals surface area contributed by atoms with E-state index >= 15 is 0 Å². The first-order valence-electron chi connectivity index (χ1n) is 11.4. The molecule has 1 aliphatic heterocycles. The molecule has 14 heteroatoms. The van der Waals surface area contributed by atoms with E-state index in [9.17, 15) is 21.6 Å². The van der Waals surface area contributed by atoms with Gasteiger partial charge in [-0.1, -0.05) is 11.6 Å². The molecule has 200 valence electrons. The molecule has 0 bridgehead atoms. The highest BCUT2D eigenvalue weighted by Gasteiger charge is 2.32. The number of benzene rings is 1. The number of carbonyl (C=O) groups is 1. The van der Waals surface area contributed by atoms with E-state index < -0.39 is 31.2 Å². The number of aromatic nitrogens is 1. The van der Waals surface area contributed by atoms with Crippen LogP contribution in [0.3, 0.4) is 0 Å². The maximum atomic E-state index is 12.7. The minimum Gasteiger partial charge on any atom is -0.434 e. The number of furan rings is 1. The first kappa shape index (κ1) is 27.9. The van der Waals surface area contributed by atoms with Crippen molar-refractivity contribution in [2.24, 2.45) is 0 Å². The zero-order valence-electron chi connectivity index (χ0n) is 20.0. The quantitative estimate of drug-likeness (QED) is 0.341. The van der Waals surface area contributed by atoms with Crippen LogP contribution in [0.15, 0.2) is 34.7 Å². The van der Waals surface area contributed by atoms with Crippen LogP contribution in [0, 0.1) is 3.57 Å². The first-order chi connectivity index (χ1) is 17.4. The Hall–Kier alpha value is -2.10. The molecule has 2 aromatic heterocycles. The Morgan fingerprint density at radius 1 is 1.32 bits per heavy atom. The third kappa shape index (κ3) is 6.15. The van der Waals surface area contributed by atoms with Gasteiger partial charge in [-0.3, -0.25) is 4.31 Å². The van der Waals surface area contributed by atoms with Crippen LogP contribution in [0.4, 0.5) is 10.6 Å². The number of fused-ring (bicyclic) bond motifs is 1. The summed E-state index contributed by atoms with van der Waals surface area (Å²) < 4.78 is 62.9. The molecule has 3 heterocycles. The molecule has 3 aromatic rings. The van der Waals surface area contributed by atoms with Crippen LogP contribution >= 0.6 is 34.2 Å². The lowest BCUT2D eigenvalue weighted by atomic mass is 10.1. The van der Waals surface area contributed by atoms with E-state index in [-0.39, 0.29) is 35.3 Å². The Bertz CT molecular complexity index is 1540. The van der Waals surface area contributed by atoms with Gasteiger partial charge in [-0.25, -0.2) is 21.6 Å². The molecule has 0 aliphatic carbocycles. The Morgan fingerprint density at radius 2 is 2.03 bits per heavy atom. The van der Waals surface area contributed by atoms with Crippen molar-refractivity contribution in [1.82, 2.24) is 10.3 Å². The van der Waals surface area contributed by atoms with Crippen molar-refractivity contribution in [3.8, 4) is 17.1 Å². The number of nitrogens with one attached hydrogen (secondary N) is 1. The van der Waals surface area contributed by atoms with Gasteiger partial charge in [0, 0.05) is 24.2 Å². The Labute approximate surface area is 233 Å². The van der Waals surface area contributed by atoms with Crippen LogP contribution in [0.25, 0.3) is 22.4 Å². The van der Waals surface area contributed by atoms with Crippen molar-refractivity contribution in [3.05, 3.63) is 38.9 Å². The summed E-state index contributed by atoms with van der Waals surface area (Å²) in [5.41, 5.74) is 0.655. The molecule has 1 N–H and O–H groups in total. The van der Waals surface area contributed by atoms with E-state index in [1.165, 1.54) is 7.05 Å². The number of sulfone groups is 1. The van der Waals surface area contributed by atoms with Crippen LogP contribution < -0.4 is 14.4 Å². The molecule has 1 aliphatic rings. The lowest BCUT2D eigenvalue weighted by Crippen LogP contribution is -2.33. The molecule has 0 radical (unpaired) electrons. The SMILES string of the molecule is CNC(=O)Oc1c(-c2ccc(Cl)cc2)oc2nc(N(CCCC3CCCS3(=O)=O)S(C)(=O)=O)c(I)cc12. The number of ether oxygens (including phenoxy) is 1. The van der Waals surface area contributed by atoms with E-state index in [2.05, 4.69) is 10.3 Å². The van der Waals surface area contributed by atoms with Crippen molar-refractivity contribution >= 4 is 77.1 Å². The first-order valence-corrected chi connectivity index (χ1v) is 16.4. The lowest BCUT2D eigenvalue weighted by molar-refractivity contribution is 0.203. The van der Waals surface area contributed by atoms with Crippen LogP contribution in [-0.2, 0) is 19.9 Å². The van der Waals surface area contributed by atoms with Gasteiger partial charge in [0.05, 0.1) is 26.2 Å². The fourth-order valence-corrected chi connectivity index (χ4v) is 8.13. The van der Waals surface area contributed by atoms with Gasteiger partial charge < -0.3 is 14.5 Å². The Morgan fingerprint density at radius 3 is 2.62 bits per heavy atom. The standard InChI is InChI=1S/C23H25ClIN3O7S2/c1-26-23(29)35-20-17-13-18(25)21(27-22(17)34-19(20)14-7-9-15(24)10-8-14)28(36(2,30)31)11-3-5-16-6-4-12-37(16,32)33/h7-10,13,16H,3-6,11-12H2,1-2H3,(H,26,29). The second-order valence-electron chi connectivity index (χ2n) is 8.66. The summed E-state index contributed by atoms with van der Waals surface area (Å²) in [6.07, 6.45) is 2.31. The molecule has 1 amide bonds. The second-order valence-corrected chi connectivity index (χ2v) is 14.6. The van der Waals surface area contributed by atoms with E-state index in [0.29, 0.717) is 45.2 Å². The molecule has 10 nitrogen and oxygen atoms in total. The highest BCUT2D eigenvalue weighted by atomic mass is 127. The molecule has 1 aromatic carbocycles. The number of hydrogen-bond acceptors (Lipinski definition) is 8. The van der Waals surface area contributed by atoms with Gasteiger partial charge in [-0.2, -0.15) is 4.98 Å². The zero-order valence-corrected chi connectivity index (χ0v) is 24.6. The van der Waals surface area contributed by atoms with E-state index in [1.807, 2.05) is 22.6 Å². The van der Waals surface area contributed by atoms with Crippen molar-refractivity contribution in [2.75, 3.05) is 29.9 Å². The summed E-state index contributed by atoms with van der Waals surface area (Å²) in [7, 11) is -5.45. The summed E-state index contributed by atoms with van der Waals surface area (Å²) in [6, 6.07) is 8.35. The Balaban J connectivity index is 1.73. The van der Waals surface area contributed by atoms with Gasteiger partial charge in [-0.05, 0) is 78.6 Å². The Kier molecular flexibility index (Phi) is 8.26. The summed E-state index contributed by atoms with van der Waals surface area (Å²) in [5.74, 6) is 0.685. The lowest BCUT2D eigenvalue weighted by Gasteiger charge is -2.23. The molecule has 0 spiro atoms. The highest BCUT2D eigenvalue weighted by Crippen LogP contribution is 2.42. The number of anilines is 1. The van der Waals surface area contributed by atoms with E-state index in [4.69, 9.17) is 20.8 Å².